The van der Waals surface area contributed by atoms with E-state index in [1.165, 1.54) is 77.7 Å². The lowest BCUT2D eigenvalue weighted by atomic mass is 10.1. The Morgan fingerprint density at radius 2 is 1.48 bits per heavy atom. The predicted molar refractivity (Wildman–Crippen MR) is 118 cm³/mol. The molecule has 2 heterocycles. The molecule has 27 heavy (non-hydrogen) atoms. The van der Waals surface area contributed by atoms with Crippen LogP contribution in [0.3, 0.4) is 0 Å². The highest BCUT2D eigenvalue weighted by Crippen LogP contribution is 2.28. The van der Waals surface area contributed by atoms with E-state index < -0.39 is 0 Å². The van der Waals surface area contributed by atoms with Gasteiger partial charge in [-0.1, -0.05) is 28.8 Å². The van der Waals surface area contributed by atoms with Crippen LogP contribution in [-0.2, 0) is 0 Å². The molecular weight excluding hydrogens is 402 g/mol. The Balaban J connectivity index is 1.37. The summed E-state index contributed by atoms with van der Waals surface area (Å²) >= 11 is 3.58. The summed E-state index contributed by atoms with van der Waals surface area (Å²) < 4.78 is 7.20. The van der Waals surface area contributed by atoms with Gasteiger partial charge in [-0.15, -0.1) is 0 Å². The van der Waals surface area contributed by atoms with Crippen molar-refractivity contribution in [3.05, 3.63) is 22.7 Å². The van der Waals surface area contributed by atoms with Gasteiger partial charge in [-0.2, -0.15) is 0 Å². The topological polar surface area (TPSA) is 27.7 Å². The molecule has 5 heteroatoms. The van der Waals surface area contributed by atoms with Crippen molar-refractivity contribution < 1.29 is 4.74 Å². The number of ether oxygens (including phenoxy) is 1. The van der Waals surface area contributed by atoms with E-state index in [9.17, 15) is 0 Å². The second-order valence-electron chi connectivity index (χ2n) is 7.93. The number of nitrogens with zero attached hydrogens (tertiary/aromatic N) is 2. The lowest BCUT2D eigenvalue weighted by Crippen LogP contribution is -2.31. The molecule has 2 aliphatic rings. The monoisotopic (exact) mass is 437 g/mol. The Bertz CT molecular complexity index is 542. The minimum absolute atomic E-state index is 0.787. The Hall–Kier alpha value is -0.780. The molecule has 1 N–H and O–H groups in total. The molecule has 0 saturated carbocycles. The summed E-state index contributed by atoms with van der Waals surface area (Å²) in [5, 5.41) is 3.59. The molecule has 152 valence electrons. The first-order valence-corrected chi connectivity index (χ1v) is 11.7. The van der Waals surface area contributed by atoms with Gasteiger partial charge in [0.25, 0.3) is 0 Å². The zero-order chi connectivity index (χ0) is 18.7. The molecule has 0 bridgehead atoms. The molecule has 0 unspecified atom stereocenters. The van der Waals surface area contributed by atoms with Crippen molar-refractivity contribution in [2.45, 2.75) is 51.4 Å². The van der Waals surface area contributed by atoms with Crippen LogP contribution in [0.5, 0.6) is 5.75 Å². The van der Waals surface area contributed by atoms with Crippen LogP contribution in [0.25, 0.3) is 0 Å². The summed E-state index contributed by atoms with van der Waals surface area (Å²) in [4.78, 5) is 5.18. The van der Waals surface area contributed by atoms with Gasteiger partial charge in [0, 0.05) is 17.6 Å². The van der Waals surface area contributed by atoms with Crippen molar-refractivity contribution in [1.82, 2.24) is 9.80 Å². The lowest BCUT2D eigenvalue weighted by Gasteiger charge is -2.26. The van der Waals surface area contributed by atoms with E-state index in [2.05, 4.69) is 49.2 Å². The van der Waals surface area contributed by atoms with Gasteiger partial charge in [0.1, 0.15) is 5.75 Å². The number of benzene rings is 1. The maximum atomic E-state index is 6.13. The Kier molecular flexibility index (Phi) is 9.25. The Labute approximate surface area is 173 Å². The zero-order valence-electron chi connectivity index (χ0n) is 16.7. The van der Waals surface area contributed by atoms with E-state index >= 15 is 0 Å². The highest BCUT2D eigenvalue weighted by atomic mass is 79.9. The molecule has 0 radical (unpaired) electrons. The molecular formula is C22H36BrN3O. The molecule has 0 amide bonds. The number of hydrogen-bond acceptors (Lipinski definition) is 4. The molecule has 1 aromatic rings. The smallest absolute Gasteiger partial charge is 0.143 e. The van der Waals surface area contributed by atoms with Crippen LogP contribution in [0.4, 0.5) is 5.69 Å². The summed E-state index contributed by atoms with van der Waals surface area (Å²) in [6.07, 6.45) is 10.6. The molecule has 0 aromatic heterocycles. The van der Waals surface area contributed by atoms with Crippen LogP contribution in [0.15, 0.2) is 22.7 Å². The zero-order valence-corrected chi connectivity index (χ0v) is 18.3. The van der Waals surface area contributed by atoms with Gasteiger partial charge in [-0.25, -0.2) is 0 Å². The fourth-order valence-corrected chi connectivity index (χ4v) is 4.46. The van der Waals surface area contributed by atoms with Crippen LogP contribution < -0.4 is 10.1 Å². The second kappa shape index (κ2) is 11.9. The van der Waals surface area contributed by atoms with E-state index in [4.69, 9.17) is 4.74 Å². The van der Waals surface area contributed by atoms with E-state index in [0.717, 1.165) is 42.0 Å². The van der Waals surface area contributed by atoms with Crippen LogP contribution in [0, 0.1) is 0 Å². The third kappa shape index (κ3) is 7.63. The van der Waals surface area contributed by atoms with Crippen LogP contribution in [0.1, 0.15) is 51.4 Å². The lowest BCUT2D eigenvalue weighted by molar-refractivity contribution is 0.205. The maximum absolute atomic E-state index is 6.13. The molecule has 0 atom stereocenters. The van der Waals surface area contributed by atoms with Gasteiger partial charge in [0.15, 0.2) is 0 Å². The second-order valence-corrected chi connectivity index (χ2v) is 8.84. The fraction of sp³-hybridized carbons (Fsp3) is 0.727. The standard InChI is InChI=1S/C22H36BrN3O/c23-20-9-10-21(24-11-7-16-25-12-3-1-4-13-25)22(19-20)27-18-8-17-26-14-5-2-6-15-26/h9-10,19,24H,1-8,11-18H2. The Morgan fingerprint density at radius 1 is 0.852 bits per heavy atom. The van der Waals surface area contributed by atoms with Crippen LogP contribution in [-0.4, -0.2) is 62.2 Å². The molecule has 0 spiro atoms. The van der Waals surface area contributed by atoms with Gasteiger partial charge >= 0.3 is 0 Å². The SMILES string of the molecule is Brc1ccc(NCCCN2CCCCC2)c(OCCCN2CCCCC2)c1. The first kappa shape index (κ1) is 20.9. The highest BCUT2D eigenvalue weighted by molar-refractivity contribution is 9.10. The van der Waals surface area contributed by atoms with E-state index in [-0.39, 0.29) is 0 Å². The summed E-state index contributed by atoms with van der Waals surface area (Å²) in [5.41, 5.74) is 1.12. The number of piperidine rings is 2. The molecule has 2 fully saturated rings. The third-order valence-corrected chi connectivity index (χ3v) is 6.18. The van der Waals surface area contributed by atoms with E-state index in [1.54, 1.807) is 0 Å². The van der Waals surface area contributed by atoms with Gasteiger partial charge in [0.2, 0.25) is 0 Å². The number of likely N-dealkylation sites (tertiary alicyclic amines) is 2. The van der Waals surface area contributed by atoms with Crippen LogP contribution >= 0.6 is 15.9 Å². The maximum Gasteiger partial charge on any atom is 0.143 e. The molecule has 2 saturated heterocycles. The van der Waals surface area contributed by atoms with Gasteiger partial charge in [-0.05, 0) is 89.4 Å². The van der Waals surface area contributed by atoms with Gasteiger partial charge in [-0.3, -0.25) is 0 Å². The van der Waals surface area contributed by atoms with Crippen molar-refractivity contribution in [3.8, 4) is 5.75 Å². The minimum Gasteiger partial charge on any atom is -0.491 e. The molecule has 0 aliphatic carbocycles. The largest absolute Gasteiger partial charge is 0.491 e. The number of rotatable bonds is 10. The van der Waals surface area contributed by atoms with Gasteiger partial charge < -0.3 is 19.9 Å². The van der Waals surface area contributed by atoms with Crippen molar-refractivity contribution in [2.75, 3.05) is 57.7 Å². The quantitative estimate of drug-likeness (QED) is 0.521. The normalized spacial score (nSPS) is 19.1. The van der Waals surface area contributed by atoms with Crippen molar-refractivity contribution in [1.29, 1.82) is 0 Å². The molecule has 1 aromatic carbocycles. The first-order valence-electron chi connectivity index (χ1n) is 10.9. The number of hydrogen-bond donors (Lipinski definition) is 1. The fourth-order valence-electron chi connectivity index (χ4n) is 4.12. The highest BCUT2D eigenvalue weighted by Gasteiger charge is 2.11. The Morgan fingerprint density at radius 3 is 2.15 bits per heavy atom. The number of anilines is 1. The number of nitrogens with one attached hydrogen (secondary N) is 1. The summed E-state index contributed by atoms with van der Waals surface area (Å²) in [6, 6.07) is 6.31. The van der Waals surface area contributed by atoms with Crippen molar-refractivity contribution >= 4 is 21.6 Å². The average Bonchev–Trinajstić information content (AvgIpc) is 2.71. The minimum atomic E-state index is 0.787. The van der Waals surface area contributed by atoms with Crippen molar-refractivity contribution in [3.63, 3.8) is 0 Å². The van der Waals surface area contributed by atoms with Gasteiger partial charge in [0.05, 0.1) is 12.3 Å². The summed E-state index contributed by atoms with van der Waals surface area (Å²) in [6.45, 7) is 9.24. The predicted octanol–water partition coefficient (Wildman–Crippen LogP) is 4.99. The van der Waals surface area contributed by atoms with E-state index in [1.807, 2.05) is 0 Å². The molecule has 3 rings (SSSR count). The summed E-state index contributed by atoms with van der Waals surface area (Å²) in [5.74, 6) is 0.973. The first-order chi connectivity index (χ1) is 13.3. The molecule has 2 aliphatic heterocycles. The van der Waals surface area contributed by atoms with E-state index in [0.29, 0.717) is 0 Å². The average molecular weight is 438 g/mol. The number of halogens is 1. The third-order valence-electron chi connectivity index (χ3n) is 5.68. The van der Waals surface area contributed by atoms with Crippen LogP contribution in [0.2, 0.25) is 0 Å². The molecule has 4 nitrogen and oxygen atoms in total. The summed E-state index contributed by atoms with van der Waals surface area (Å²) in [7, 11) is 0. The van der Waals surface area contributed by atoms with Crippen molar-refractivity contribution in [2.24, 2.45) is 0 Å².